The van der Waals surface area contributed by atoms with E-state index in [1.807, 2.05) is 0 Å². The van der Waals surface area contributed by atoms with Gasteiger partial charge in [-0.2, -0.15) is 65.9 Å². The summed E-state index contributed by atoms with van der Waals surface area (Å²) < 4.78 is 198. The quantitative estimate of drug-likeness (QED) is 0.299. The lowest BCUT2D eigenvalue weighted by Crippen LogP contribution is -2.72. The zero-order valence-electron chi connectivity index (χ0n) is 17.5. The zero-order chi connectivity index (χ0) is 28.1. The Morgan fingerprint density at radius 1 is 0.600 bits per heavy atom. The van der Waals surface area contributed by atoms with E-state index in [1.54, 1.807) is 13.8 Å². The van der Waals surface area contributed by atoms with Crippen LogP contribution in [-0.2, 0) is 6.42 Å². The maximum Gasteiger partial charge on any atom is 0.460 e. The number of hydrogen-bond acceptors (Lipinski definition) is 1. The normalized spacial score (nSPS) is 16.1. The number of benzene rings is 1. The zero-order valence-corrected chi connectivity index (χ0v) is 17.5. The Hall–Kier alpha value is -1.87. The summed E-state index contributed by atoms with van der Waals surface area (Å²) in [6.07, 6.45) is -12.8. The number of halogens is 15. The molecule has 0 aliphatic heterocycles. The summed E-state index contributed by atoms with van der Waals surface area (Å²) >= 11 is 0. The molecule has 16 heteroatoms. The van der Waals surface area contributed by atoms with E-state index in [-0.39, 0.29) is 5.92 Å². The molecule has 0 bridgehead atoms. The first kappa shape index (κ1) is 31.2. The highest BCUT2D eigenvalue weighted by Crippen LogP contribution is 2.63. The van der Waals surface area contributed by atoms with Gasteiger partial charge in [0.2, 0.25) is 0 Å². The monoisotopic (exact) mass is 546 g/mol. The van der Waals surface area contributed by atoms with Crippen LogP contribution in [0.1, 0.15) is 37.5 Å². The summed E-state index contributed by atoms with van der Waals surface area (Å²) in [6, 6.07) is 4.16. The molecule has 0 fully saturated rings. The van der Waals surface area contributed by atoms with Gasteiger partial charge in [0.1, 0.15) is 0 Å². The van der Waals surface area contributed by atoms with Crippen molar-refractivity contribution < 1.29 is 71.0 Å². The molecule has 1 unspecified atom stereocenters. The standard InChI is InChI=1S/C19H17F15O/c1-9(2)7-10-3-5-11(6-4-10)12(35)8-13(20,21)14(22,23)15(24,25)16(26,27)17(28,29)18(30,31)19(32,33)34/h3-6,9,12,35H,7-8H2,1-2H3. The Morgan fingerprint density at radius 3 is 1.34 bits per heavy atom. The Balaban J connectivity index is 3.35. The molecule has 1 nitrogen and oxygen atoms in total. The van der Waals surface area contributed by atoms with Crippen molar-refractivity contribution in [1.82, 2.24) is 0 Å². The van der Waals surface area contributed by atoms with Crippen molar-refractivity contribution in [2.24, 2.45) is 5.92 Å². The summed E-state index contributed by atoms with van der Waals surface area (Å²) in [5.74, 6) is -46.8. The van der Waals surface area contributed by atoms with Gasteiger partial charge in [-0.3, -0.25) is 0 Å². The van der Waals surface area contributed by atoms with Crippen LogP contribution >= 0.6 is 0 Å². The topological polar surface area (TPSA) is 20.2 Å². The minimum absolute atomic E-state index is 0.0838. The fourth-order valence-corrected chi connectivity index (χ4v) is 2.84. The third-order valence-electron chi connectivity index (χ3n) is 4.85. The van der Waals surface area contributed by atoms with Crippen molar-refractivity contribution in [1.29, 1.82) is 0 Å². The van der Waals surface area contributed by atoms with Gasteiger partial charge >= 0.3 is 41.7 Å². The lowest BCUT2D eigenvalue weighted by Gasteiger charge is -2.41. The van der Waals surface area contributed by atoms with Gasteiger partial charge in [-0.05, 0) is 23.5 Å². The highest BCUT2D eigenvalue weighted by Gasteiger charge is 2.93. The second-order valence-electron chi connectivity index (χ2n) is 8.13. The molecule has 0 radical (unpaired) electrons. The Morgan fingerprint density at radius 2 is 0.971 bits per heavy atom. The fourth-order valence-electron chi connectivity index (χ4n) is 2.84. The van der Waals surface area contributed by atoms with Crippen molar-refractivity contribution in [2.45, 2.75) is 74.5 Å². The molecule has 0 amide bonds. The molecular weight excluding hydrogens is 529 g/mol. The van der Waals surface area contributed by atoms with Crippen LogP contribution in [0, 0.1) is 5.92 Å². The molecule has 0 saturated heterocycles. The number of alkyl halides is 15. The van der Waals surface area contributed by atoms with Crippen LogP contribution in [0.3, 0.4) is 0 Å². The molecule has 0 aliphatic carbocycles. The van der Waals surface area contributed by atoms with E-state index in [9.17, 15) is 71.0 Å². The average molecular weight is 546 g/mol. The van der Waals surface area contributed by atoms with Gasteiger partial charge < -0.3 is 5.11 Å². The van der Waals surface area contributed by atoms with E-state index < -0.39 is 59.8 Å². The molecule has 0 aromatic heterocycles. The molecule has 0 spiro atoms. The third kappa shape index (κ3) is 5.17. The summed E-state index contributed by atoms with van der Waals surface area (Å²) in [6.45, 7) is 3.55. The van der Waals surface area contributed by atoms with Gasteiger partial charge in [-0.1, -0.05) is 38.1 Å². The van der Waals surface area contributed by atoms with Crippen molar-refractivity contribution in [2.75, 3.05) is 0 Å². The highest BCUT2D eigenvalue weighted by atomic mass is 19.4. The van der Waals surface area contributed by atoms with Crippen molar-refractivity contribution in [3.8, 4) is 0 Å². The summed E-state index contributed by atoms with van der Waals surface area (Å²) in [4.78, 5) is 0. The molecule has 1 N–H and O–H groups in total. The Labute approximate surface area is 187 Å². The Kier molecular flexibility index (Phi) is 8.20. The summed E-state index contributed by atoms with van der Waals surface area (Å²) in [5.41, 5.74) is -0.0796. The van der Waals surface area contributed by atoms with Crippen LogP contribution in [0.2, 0.25) is 0 Å². The predicted octanol–water partition coefficient (Wildman–Crippen LogP) is 7.68. The average Bonchev–Trinajstić information content (AvgIpc) is 2.66. The second kappa shape index (κ2) is 9.21. The van der Waals surface area contributed by atoms with E-state index in [4.69, 9.17) is 0 Å². The van der Waals surface area contributed by atoms with Crippen molar-refractivity contribution >= 4 is 0 Å². The van der Waals surface area contributed by atoms with Gasteiger partial charge in [0.25, 0.3) is 0 Å². The van der Waals surface area contributed by atoms with Crippen molar-refractivity contribution in [3.05, 3.63) is 35.4 Å². The molecule has 0 aliphatic rings. The number of hydrogen-bond donors (Lipinski definition) is 1. The number of aliphatic hydroxyl groups excluding tert-OH is 1. The van der Waals surface area contributed by atoms with Gasteiger partial charge in [-0.15, -0.1) is 0 Å². The van der Waals surface area contributed by atoms with E-state index >= 15 is 0 Å². The molecule has 1 aromatic carbocycles. The minimum Gasteiger partial charge on any atom is -0.388 e. The first-order valence-electron chi connectivity index (χ1n) is 9.38. The highest BCUT2D eigenvalue weighted by molar-refractivity contribution is 5.25. The summed E-state index contributed by atoms with van der Waals surface area (Å²) in [5, 5.41) is 9.69. The number of rotatable bonds is 10. The third-order valence-corrected chi connectivity index (χ3v) is 4.85. The smallest absolute Gasteiger partial charge is 0.388 e. The van der Waals surface area contributed by atoms with Crippen LogP contribution in [0.15, 0.2) is 24.3 Å². The molecule has 1 rings (SSSR count). The fraction of sp³-hybridized carbons (Fsp3) is 0.684. The molecular formula is C19H17F15O. The first-order chi connectivity index (χ1) is 15.3. The van der Waals surface area contributed by atoms with Crippen LogP contribution in [0.4, 0.5) is 65.9 Å². The molecule has 1 atom stereocenters. The maximum absolute atomic E-state index is 14.0. The first-order valence-corrected chi connectivity index (χ1v) is 9.38. The second-order valence-corrected chi connectivity index (χ2v) is 8.13. The lowest BCUT2D eigenvalue weighted by molar-refractivity contribution is -0.453. The van der Waals surface area contributed by atoms with Gasteiger partial charge in [0, 0.05) is 6.42 Å². The van der Waals surface area contributed by atoms with E-state index in [0.29, 0.717) is 12.0 Å². The van der Waals surface area contributed by atoms with Gasteiger partial charge in [0.15, 0.2) is 0 Å². The molecule has 0 saturated carbocycles. The van der Waals surface area contributed by atoms with Crippen LogP contribution < -0.4 is 0 Å². The van der Waals surface area contributed by atoms with Gasteiger partial charge in [0.05, 0.1) is 6.10 Å². The molecule has 0 heterocycles. The van der Waals surface area contributed by atoms with E-state index in [2.05, 4.69) is 0 Å². The molecule has 35 heavy (non-hydrogen) atoms. The minimum atomic E-state index is -8.34. The summed E-state index contributed by atoms with van der Waals surface area (Å²) in [7, 11) is 0. The predicted molar refractivity (Wildman–Crippen MR) is 90.3 cm³/mol. The van der Waals surface area contributed by atoms with Crippen LogP contribution in [0.25, 0.3) is 0 Å². The Bertz CT molecular complexity index is 856. The molecule has 1 aromatic rings. The number of aliphatic hydroxyl groups is 1. The maximum atomic E-state index is 14.0. The van der Waals surface area contributed by atoms with E-state index in [0.717, 1.165) is 12.1 Å². The van der Waals surface area contributed by atoms with Crippen LogP contribution in [0.5, 0.6) is 0 Å². The molecule has 204 valence electrons. The van der Waals surface area contributed by atoms with E-state index in [1.165, 1.54) is 12.1 Å². The lowest BCUT2D eigenvalue weighted by atomic mass is 9.88. The largest absolute Gasteiger partial charge is 0.460 e. The van der Waals surface area contributed by atoms with Crippen LogP contribution in [-0.4, -0.2) is 46.8 Å². The van der Waals surface area contributed by atoms with Gasteiger partial charge in [-0.25, -0.2) is 0 Å². The SMILES string of the molecule is CC(C)Cc1ccc(C(O)CC(F)(F)C(F)(F)C(F)(F)C(F)(F)C(F)(F)C(F)(F)C(F)(F)F)cc1. The van der Waals surface area contributed by atoms with Crippen molar-refractivity contribution in [3.63, 3.8) is 0 Å².